The van der Waals surface area contributed by atoms with Crippen LogP contribution in [-0.2, 0) is 4.79 Å². The van der Waals surface area contributed by atoms with Crippen molar-refractivity contribution >= 4 is 11.6 Å². The van der Waals surface area contributed by atoms with Gasteiger partial charge >= 0.3 is 0 Å². The highest BCUT2D eigenvalue weighted by Gasteiger charge is 2.09. The molecule has 0 radical (unpaired) electrons. The molecule has 4 N–H and O–H groups in total. The summed E-state index contributed by atoms with van der Waals surface area (Å²) in [5.74, 6) is 0.297. The van der Waals surface area contributed by atoms with E-state index in [4.69, 9.17) is 15.6 Å². The van der Waals surface area contributed by atoms with Gasteiger partial charge in [0.1, 0.15) is 5.75 Å². The maximum atomic E-state index is 11.5. The van der Waals surface area contributed by atoms with Crippen molar-refractivity contribution in [3.8, 4) is 5.75 Å². The number of nitrogen functional groups attached to an aromatic ring is 1. The highest BCUT2D eigenvalue weighted by molar-refractivity contribution is 5.77. The molecule has 0 bridgehead atoms. The van der Waals surface area contributed by atoms with Crippen LogP contribution in [0.4, 0.5) is 5.69 Å². The van der Waals surface area contributed by atoms with Crippen LogP contribution in [0.15, 0.2) is 24.3 Å². The van der Waals surface area contributed by atoms with Gasteiger partial charge in [-0.1, -0.05) is 13.0 Å². The number of aliphatic hydroxyl groups excluding tert-OH is 1. The second kappa shape index (κ2) is 6.75. The van der Waals surface area contributed by atoms with Crippen molar-refractivity contribution < 1.29 is 14.6 Å². The van der Waals surface area contributed by atoms with Gasteiger partial charge in [0.25, 0.3) is 5.91 Å². The van der Waals surface area contributed by atoms with E-state index in [-0.39, 0.29) is 25.2 Å². The smallest absolute Gasteiger partial charge is 0.258 e. The summed E-state index contributed by atoms with van der Waals surface area (Å²) in [6, 6.07) is 6.66. The maximum Gasteiger partial charge on any atom is 0.258 e. The van der Waals surface area contributed by atoms with Gasteiger partial charge in [-0.25, -0.2) is 0 Å². The van der Waals surface area contributed by atoms with Crippen LogP contribution in [0.1, 0.15) is 13.3 Å². The molecule has 5 heteroatoms. The molecule has 0 aliphatic rings. The Morgan fingerprint density at radius 1 is 1.59 bits per heavy atom. The van der Waals surface area contributed by atoms with E-state index in [9.17, 15) is 4.79 Å². The van der Waals surface area contributed by atoms with Crippen molar-refractivity contribution in [3.63, 3.8) is 0 Å². The van der Waals surface area contributed by atoms with Crippen LogP contribution in [0.25, 0.3) is 0 Å². The summed E-state index contributed by atoms with van der Waals surface area (Å²) in [4.78, 5) is 11.5. The van der Waals surface area contributed by atoms with Gasteiger partial charge in [0.05, 0.1) is 12.6 Å². The minimum atomic E-state index is -0.256. The lowest BCUT2D eigenvalue weighted by Gasteiger charge is -2.14. The molecule has 0 fully saturated rings. The number of carbonyl (C=O) groups is 1. The average Bonchev–Trinajstić information content (AvgIpc) is 2.33. The number of nitrogens with one attached hydrogen (secondary N) is 1. The molecule has 0 saturated carbocycles. The highest BCUT2D eigenvalue weighted by Crippen LogP contribution is 2.13. The first-order valence-corrected chi connectivity index (χ1v) is 5.54. The van der Waals surface area contributed by atoms with Crippen molar-refractivity contribution in [1.82, 2.24) is 5.32 Å². The summed E-state index contributed by atoms with van der Waals surface area (Å²) >= 11 is 0. The first-order chi connectivity index (χ1) is 8.15. The molecule has 94 valence electrons. The topological polar surface area (TPSA) is 84.6 Å². The summed E-state index contributed by atoms with van der Waals surface area (Å²) in [6.45, 7) is 1.74. The number of carbonyl (C=O) groups excluding carboxylic acids is 1. The van der Waals surface area contributed by atoms with Crippen LogP contribution in [0.5, 0.6) is 5.75 Å². The number of aliphatic hydroxyl groups is 1. The SMILES string of the molecule is CC[C@H](CO)NC(=O)COc1cccc(N)c1. The molecule has 1 aromatic carbocycles. The maximum absolute atomic E-state index is 11.5. The van der Waals surface area contributed by atoms with E-state index >= 15 is 0 Å². The van der Waals surface area contributed by atoms with E-state index in [2.05, 4.69) is 5.32 Å². The molecule has 1 aromatic rings. The molecule has 0 heterocycles. The lowest BCUT2D eigenvalue weighted by molar-refractivity contribution is -0.124. The molecule has 0 aromatic heterocycles. The van der Waals surface area contributed by atoms with Gasteiger partial charge in [0, 0.05) is 11.8 Å². The monoisotopic (exact) mass is 238 g/mol. The predicted molar refractivity (Wildman–Crippen MR) is 65.7 cm³/mol. The molecular formula is C12H18N2O3. The Labute approximate surface area is 101 Å². The third-order valence-electron chi connectivity index (χ3n) is 2.31. The number of anilines is 1. The molecular weight excluding hydrogens is 220 g/mol. The zero-order valence-electron chi connectivity index (χ0n) is 9.85. The molecule has 1 rings (SSSR count). The normalized spacial score (nSPS) is 11.9. The standard InChI is InChI=1S/C12H18N2O3/c1-2-10(7-15)14-12(16)8-17-11-5-3-4-9(13)6-11/h3-6,10,15H,2,7-8,13H2,1H3,(H,14,16)/t10-/m1/s1. The Morgan fingerprint density at radius 2 is 2.35 bits per heavy atom. The Kier molecular flexibility index (Phi) is 5.29. The number of nitrogens with two attached hydrogens (primary N) is 1. The van der Waals surface area contributed by atoms with Crippen molar-refractivity contribution in [2.45, 2.75) is 19.4 Å². The van der Waals surface area contributed by atoms with Gasteiger partial charge in [-0.15, -0.1) is 0 Å². The summed E-state index contributed by atoms with van der Waals surface area (Å²) in [5, 5.41) is 11.6. The fourth-order valence-corrected chi connectivity index (χ4v) is 1.30. The third-order valence-corrected chi connectivity index (χ3v) is 2.31. The molecule has 0 aliphatic carbocycles. The summed E-state index contributed by atoms with van der Waals surface area (Å²) in [7, 11) is 0. The van der Waals surface area contributed by atoms with Gasteiger partial charge < -0.3 is 20.9 Å². The molecule has 1 atom stereocenters. The van der Waals surface area contributed by atoms with E-state index in [1.54, 1.807) is 24.3 Å². The van der Waals surface area contributed by atoms with Crippen molar-refractivity contribution in [1.29, 1.82) is 0 Å². The molecule has 0 unspecified atom stereocenters. The summed E-state index contributed by atoms with van der Waals surface area (Å²) in [5.41, 5.74) is 6.16. The quantitative estimate of drug-likeness (QED) is 0.631. The number of hydrogen-bond donors (Lipinski definition) is 3. The van der Waals surface area contributed by atoms with Crippen LogP contribution in [0.2, 0.25) is 0 Å². The molecule has 0 saturated heterocycles. The lowest BCUT2D eigenvalue weighted by atomic mass is 10.2. The van der Waals surface area contributed by atoms with E-state index < -0.39 is 0 Å². The first-order valence-electron chi connectivity index (χ1n) is 5.54. The predicted octanol–water partition coefficient (Wildman–Crippen LogP) is 0.535. The second-order valence-electron chi connectivity index (χ2n) is 3.72. The van der Waals surface area contributed by atoms with E-state index in [0.29, 0.717) is 17.9 Å². The zero-order chi connectivity index (χ0) is 12.7. The van der Waals surface area contributed by atoms with Crippen LogP contribution >= 0.6 is 0 Å². The minimum Gasteiger partial charge on any atom is -0.484 e. The van der Waals surface area contributed by atoms with Gasteiger partial charge in [-0.2, -0.15) is 0 Å². The van der Waals surface area contributed by atoms with E-state index in [1.807, 2.05) is 6.92 Å². The minimum absolute atomic E-state index is 0.0689. The number of benzene rings is 1. The Hall–Kier alpha value is -1.75. The fourth-order valence-electron chi connectivity index (χ4n) is 1.30. The third kappa shape index (κ3) is 4.74. The summed E-state index contributed by atoms with van der Waals surface area (Å²) in [6.07, 6.45) is 0.681. The molecule has 0 aliphatic heterocycles. The fraction of sp³-hybridized carbons (Fsp3) is 0.417. The van der Waals surface area contributed by atoms with E-state index in [1.165, 1.54) is 0 Å². The number of amides is 1. The van der Waals surface area contributed by atoms with Crippen LogP contribution in [0.3, 0.4) is 0 Å². The lowest BCUT2D eigenvalue weighted by Crippen LogP contribution is -2.39. The molecule has 0 spiro atoms. The first kappa shape index (κ1) is 13.3. The highest BCUT2D eigenvalue weighted by atomic mass is 16.5. The number of rotatable bonds is 6. The van der Waals surface area contributed by atoms with Gasteiger partial charge in [0.2, 0.25) is 0 Å². The van der Waals surface area contributed by atoms with Gasteiger partial charge in [-0.05, 0) is 18.6 Å². The Balaban J connectivity index is 2.38. The van der Waals surface area contributed by atoms with Crippen molar-refractivity contribution in [2.75, 3.05) is 18.9 Å². The van der Waals surface area contributed by atoms with E-state index in [0.717, 1.165) is 0 Å². The Morgan fingerprint density at radius 3 is 2.94 bits per heavy atom. The van der Waals surface area contributed by atoms with Crippen LogP contribution < -0.4 is 15.8 Å². The largest absolute Gasteiger partial charge is 0.484 e. The summed E-state index contributed by atoms with van der Waals surface area (Å²) < 4.78 is 5.26. The van der Waals surface area contributed by atoms with Crippen molar-refractivity contribution in [3.05, 3.63) is 24.3 Å². The average molecular weight is 238 g/mol. The molecule has 17 heavy (non-hydrogen) atoms. The zero-order valence-corrected chi connectivity index (χ0v) is 9.85. The van der Waals surface area contributed by atoms with Crippen LogP contribution in [0, 0.1) is 0 Å². The number of ether oxygens (including phenoxy) is 1. The molecule has 1 amide bonds. The number of hydrogen-bond acceptors (Lipinski definition) is 4. The van der Waals surface area contributed by atoms with Gasteiger partial charge in [0.15, 0.2) is 6.61 Å². The second-order valence-corrected chi connectivity index (χ2v) is 3.72. The van der Waals surface area contributed by atoms with Crippen molar-refractivity contribution in [2.24, 2.45) is 0 Å². The molecule has 5 nitrogen and oxygen atoms in total. The van der Waals surface area contributed by atoms with Crippen LogP contribution in [-0.4, -0.2) is 30.3 Å². The Bertz CT molecular complexity index is 365. The van der Waals surface area contributed by atoms with Gasteiger partial charge in [-0.3, -0.25) is 4.79 Å².